The van der Waals surface area contributed by atoms with Crippen LogP contribution < -0.4 is 11.5 Å². The number of aromatic nitrogens is 4. The number of imidazole rings is 1. The largest absolute Gasteiger partial charge is 0.468 e. The highest BCUT2D eigenvalue weighted by molar-refractivity contribution is 7.99. The minimum Gasteiger partial charge on any atom is -0.468 e. The topological polar surface area (TPSA) is 172 Å². The average molecular weight is 398 g/mol. The molecule has 0 amide bonds. The molecule has 1 fully saturated rings. The van der Waals surface area contributed by atoms with E-state index in [-0.39, 0.29) is 5.82 Å². The molecule has 0 spiro atoms. The normalized spacial score (nSPS) is 26.4. The summed E-state index contributed by atoms with van der Waals surface area (Å²) in [6.45, 7) is 0. The summed E-state index contributed by atoms with van der Waals surface area (Å²) in [6.07, 6.45) is -0.487. The third-order valence-electron chi connectivity index (χ3n) is 4.36. The van der Waals surface area contributed by atoms with Crippen molar-refractivity contribution in [3.8, 4) is 0 Å². The summed E-state index contributed by atoms with van der Waals surface area (Å²) >= 11 is 1.46. The summed E-state index contributed by atoms with van der Waals surface area (Å²) in [5.74, 6) is 0.769. The number of ether oxygens (including phenoxy) is 2. The first-order chi connectivity index (χ1) is 12.9. The van der Waals surface area contributed by atoms with E-state index in [4.69, 9.17) is 16.2 Å². The summed E-state index contributed by atoms with van der Waals surface area (Å²) < 4.78 is 11.9. The van der Waals surface area contributed by atoms with Gasteiger partial charge in [0.2, 0.25) is 0 Å². The van der Waals surface area contributed by atoms with E-state index in [0.29, 0.717) is 29.1 Å². The van der Waals surface area contributed by atoms with E-state index >= 15 is 0 Å². The van der Waals surface area contributed by atoms with Gasteiger partial charge in [0, 0.05) is 5.75 Å². The maximum atomic E-state index is 11.3. The second-order valence-electron chi connectivity index (χ2n) is 6.12. The van der Waals surface area contributed by atoms with Gasteiger partial charge in [-0.3, -0.25) is 9.36 Å². The molecular formula is C15H22N6O5S. The Kier molecular flexibility index (Phi) is 6.11. The predicted octanol–water partition coefficient (Wildman–Crippen LogP) is -1.35. The molecule has 0 radical (unpaired) electrons. The van der Waals surface area contributed by atoms with Crippen LogP contribution in [0.15, 0.2) is 12.7 Å². The number of aliphatic hydroxyl groups is 2. The maximum absolute atomic E-state index is 11.3. The van der Waals surface area contributed by atoms with Gasteiger partial charge in [-0.1, -0.05) is 0 Å². The van der Waals surface area contributed by atoms with Gasteiger partial charge in [-0.25, -0.2) is 15.0 Å². The first kappa shape index (κ1) is 19.8. The summed E-state index contributed by atoms with van der Waals surface area (Å²) in [5, 5.41) is 20.7. The number of anilines is 1. The third-order valence-corrected chi connectivity index (χ3v) is 5.45. The minimum absolute atomic E-state index is 0.223. The second kappa shape index (κ2) is 8.35. The van der Waals surface area contributed by atoms with E-state index in [1.807, 2.05) is 0 Å². The van der Waals surface area contributed by atoms with Crippen molar-refractivity contribution >= 4 is 34.7 Å². The lowest BCUT2D eigenvalue weighted by Crippen LogP contribution is -2.33. The molecule has 2 aromatic heterocycles. The van der Waals surface area contributed by atoms with E-state index < -0.39 is 36.6 Å². The molecule has 0 aliphatic carbocycles. The highest BCUT2D eigenvalue weighted by Gasteiger charge is 2.44. The SMILES string of the molecule is COC(=O)[C@@H](N)CCSC[C@H]1O[C@@H](n2cnc3c(N)ncnc32)[C@H](O)[C@@H]1O. The third kappa shape index (κ3) is 3.99. The zero-order valence-corrected chi connectivity index (χ0v) is 15.5. The fraction of sp³-hybridized carbons (Fsp3) is 0.600. The fourth-order valence-electron chi connectivity index (χ4n) is 2.83. The molecule has 3 heterocycles. The van der Waals surface area contributed by atoms with Crippen molar-refractivity contribution in [3.63, 3.8) is 0 Å². The monoisotopic (exact) mass is 398 g/mol. The smallest absolute Gasteiger partial charge is 0.322 e. The molecule has 1 aliphatic heterocycles. The van der Waals surface area contributed by atoms with Crippen LogP contribution in [0.3, 0.4) is 0 Å². The number of esters is 1. The van der Waals surface area contributed by atoms with Crippen molar-refractivity contribution in [1.29, 1.82) is 0 Å². The quantitative estimate of drug-likeness (QED) is 0.321. The lowest BCUT2D eigenvalue weighted by molar-refractivity contribution is -0.142. The lowest BCUT2D eigenvalue weighted by atomic mass is 10.1. The van der Waals surface area contributed by atoms with Crippen molar-refractivity contribution < 1.29 is 24.5 Å². The van der Waals surface area contributed by atoms with Crippen LogP contribution in [0, 0.1) is 0 Å². The van der Waals surface area contributed by atoms with Gasteiger partial charge >= 0.3 is 5.97 Å². The molecule has 5 atom stereocenters. The van der Waals surface area contributed by atoms with E-state index in [1.54, 1.807) is 0 Å². The minimum atomic E-state index is -1.15. The summed E-state index contributed by atoms with van der Waals surface area (Å²) in [5.41, 5.74) is 12.3. The van der Waals surface area contributed by atoms with Crippen molar-refractivity contribution in [2.75, 3.05) is 24.3 Å². The molecule has 148 valence electrons. The molecule has 2 aromatic rings. The Hall–Kier alpha value is -1.99. The molecule has 0 saturated carbocycles. The van der Waals surface area contributed by atoms with Crippen LogP contribution in [0.5, 0.6) is 0 Å². The number of fused-ring (bicyclic) bond motifs is 1. The number of nitrogens with zero attached hydrogens (tertiary/aromatic N) is 4. The Morgan fingerprint density at radius 2 is 2.19 bits per heavy atom. The summed E-state index contributed by atoms with van der Waals surface area (Å²) in [4.78, 5) is 23.4. The predicted molar refractivity (Wildman–Crippen MR) is 97.6 cm³/mol. The van der Waals surface area contributed by atoms with Gasteiger partial charge in [-0.05, 0) is 12.2 Å². The van der Waals surface area contributed by atoms with Crippen LogP contribution in [-0.4, -0.2) is 78.7 Å². The Balaban J connectivity index is 1.60. The van der Waals surface area contributed by atoms with Crippen LogP contribution in [0.4, 0.5) is 5.82 Å². The van der Waals surface area contributed by atoms with E-state index in [0.717, 1.165) is 0 Å². The standard InChI is InChI=1S/C15H22N6O5S/c1-25-15(24)7(16)2-3-27-4-8-10(22)11(23)14(26-8)21-6-20-9-12(17)18-5-19-13(9)21/h5-8,10-11,14,22-23H,2-4,16H2,1H3,(H2,17,18,19)/t7-,8+,10+,11+,14+/m0/s1. The molecule has 6 N–H and O–H groups in total. The first-order valence-electron chi connectivity index (χ1n) is 8.29. The van der Waals surface area contributed by atoms with Crippen molar-refractivity contribution in [2.24, 2.45) is 5.73 Å². The Bertz CT molecular complexity index is 804. The molecule has 3 rings (SSSR count). The molecule has 11 nitrogen and oxygen atoms in total. The number of nitrogens with two attached hydrogens (primary N) is 2. The van der Waals surface area contributed by atoms with Gasteiger partial charge in [-0.2, -0.15) is 11.8 Å². The van der Waals surface area contributed by atoms with Gasteiger partial charge < -0.3 is 31.2 Å². The Morgan fingerprint density at radius 1 is 1.41 bits per heavy atom. The van der Waals surface area contributed by atoms with Gasteiger partial charge in [0.15, 0.2) is 17.7 Å². The van der Waals surface area contributed by atoms with Crippen molar-refractivity contribution in [2.45, 2.75) is 37.0 Å². The van der Waals surface area contributed by atoms with Crippen LogP contribution in [0.2, 0.25) is 0 Å². The highest BCUT2D eigenvalue weighted by Crippen LogP contribution is 2.33. The number of methoxy groups -OCH3 is 1. The second-order valence-corrected chi connectivity index (χ2v) is 7.27. The Labute approximate surface area is 159 Å². The summed E-state index contributed by atoms with van der Waals surface area (Å²) in [6, 6.07) is -0.683. The molecular weight excluding hydrogens is 376 g/mol. The number of hydrogen-bond donors (Lipinski definition) is 4. The number of aliphatic hydroxyl groups excluding tert-OH is 2. The molecule has 1 aliphatic rings. The molecule has 12 heteroatoms. The van der Waals surface area contributed by atoms with Gasteiger partial charge in [-0.15, -0.1) is 0 Å². The van der Waals surface area contributed by atoms with Crippen LogP contribution in [-0.2, 0) is 14.3 Å². The number of carbonyl (C=O) groups is 1. The van der Waals surface area contributed by atoms with Crippen molar-refractivity contribution in [3.05, 3.63) is 12.7 Å². The van der Waals surface area contributed by atoms with Crippen LogP contribution in [0.1, 0.15) is 12.6 Å². The molecule has 1 saturated heterocycles. The van der Waals surface area contributed by atoms with Gasteiger partial charge in [0.25, 0.3) is 0 Å². The van der Waals surface area contributed by atoms with Crippen molar-refractivity contribution in [1.82, 2.24) is 19.5 Å². The van der Waals surface area contributed by atoms with Crippen LogP contribution in [0.25, 0.3) is 11.2 Å². The zero-order valence-electron chi connectivity index (χ0n) is 14.6. The Morgan fingerprint density at radius 3 is 2.93 bits per heavy atom. The number of thioether (sulfide) groups is 1. The fourth-order valence-corrected chi connectivity index (χ4v) is 3.93. The maximum Gasteiger partial charge on any atom is 0.322 e. The zero-order chi connectivity index (χ0) is 19.6. The number of nitrogen functional groups attached to an aromatic ring is 1. The lowest BCUT2D eigenvalue weighted by Gasteiger charge is -2.16. The van der Waals surface area contributed by atoms with Crippen LogP contribution >= 0.6 is 11.8 Å². The van der Waals surface area contributed by atoms with E-state index in [2.05, 4.69) is 19.7 Å². The van der Waals surface area contributed by atoms with E-state index in [9.17, 15) is 15.0 Å². The summed E-state index contributed by atoms with van der Waals surface area (Å²) in [7, 11) is 1.29. The van der Waals surface area contributed by atoms with E-state index in [1.165, 1.54) is 36.1 Å². The van der Waals surface area contributed by atoms with Gasteiger partial charge in [0.1, 0.15) is 30.1 Å². The molecule has 0 bridgehead atoms. The molecule has 27 heavy (non-hydrogen) atoms. The molecule has 0 aromatic carbocycles. The highest BCUT2D eigenvalue weighted by atomic mass is 32.2. The average Bonchev–Trinajstić information content (AvgIpc) is 3.21. The first-order valence-corrected chi connectivity index (χ1v) is 9.45. The van der Waals surface area contributed by atoms with Gasteiger partial charge in [0.05, 0.1) is 19.5 Å². The number of hydrogen-bond acceptors (Lipinski definition) is 11. The molecule has 0 unspecified atom stereocenters. The number of rotatable bonds is 7. The number of carbonyl (C=O) groups excluding carboxylic acids is 1.